The van der Waals surface area contributed by atoms with E-state index in [0.29, 0.717) is 10.9 Å². The van der Waals surface area contributed by atoms with Crippen LogP contribution in [0.3, 0.4) is 0 Å². The van der Waals surface area contributed by atoms with Crippen LogP contribution in [0.2, 0.25) is 0 Å². The molecule has 0 radical (unpaired) electrons. The van der Waals surface area contributed by atoms with Crippen LogP contribution in [-0.2, 0) is 4.79 Å². The van der Waals surface area contributed by atoms with Crippen LogP contribution in [0, 0.1) is 0 Å². The molecule has 0 aromatic rings. The highest BCUT2D eigenvalue weighted by atomic mass is 32.2. The van der Waals surface area contributed by atoms with Gasteiger partial charge in [-0.3, -0.25) is 9.69 Å². The second-order valence-electron chi connectivity index (χ2n) is 4.07. The molecule has 1 heterocycles. The standard InChI is InChI=1S/C12H15NOS2/c1-2-8-13-11(14)10(16-12(13)15)9-6-4-3-5-7-9/h2H,1,3-8H2. The third-order valence-corrected chi connectivity index (χ3v) is 4.47. The van der Waals surface area contributed by atoms with E-state index >= 15 is 0 Å². The maximum Gasteiger partial charge on any atom is 0.266 e. The van der Waals surface area contributed by atoms with Gasteiger partial charge in [-0.2, -0.15) is 0 Å². The zero-order valence-electron chi connectivity index (χ0n) is 9.20. The quantitative estimate of drug-likeness (QED) is 0.428. The normalized spacial score (nSPS) is 21.9. The van der Waals surface area contributed by atoms with E-state index in [9.17, 15) is 4.79 Å². The van der Waals surface area contributed by atoms with Crippen molar-refractivity contribution in [3.05, 3.63) is 23.1 Å². The van der Waals surface area contributed by atoms with Crippen molar-refractivity contribution < 1.29 is 4.79 Å². The molecule has 0 bridgehead atoms. The highest BCUT2D eigenvalue weighted by molar-refractivity contribution is 8.26. The van der Waals surface area contributed by atoms with Gasteiger partial charge in [0.15, 0.2) is 0 Å². The molecule has 86 valence electrons. The molecule has 4 heteroatoms. The zero-order chi connectivity index (χ0) is 11.5. The molecule has 1 aliphatic heterocycles. The van der Waals surface area contributed by atoms with E-state index in [1.54, 1.807) is 11.0 Å². The van der Waals surface area contributed by atoms with Gasteiger partial charge in [-0.05, 0) is 25.7 Å². The lowest BCUT2D eigenvalue weighted by Gasteiger charge is -2.15. The largest absolute Gasteiger partial charge is 0.289 e. The first kappa shape index (κ1) is 11.9. The van der Waals surface area contributed by atoms with Crippen molar-refractivity contribution in [3.8, 4) is 0 Å². The third-order valence-electron chi connectivity index (χ3n) is 2.94. The minimum Gasteiger partial charge on any atom is -0.289 e. The van der Waals surface area contributed by atoms with Gasteiger partial charge in [0, 0.05) is 6.54 Å². The predicted octanol–water partition coefficient (Wildman–Crippen LogP) is 3.25. The van der Waals surface area contributed by atoms with Crippen molar-refractivity contribution >= 4 is 34.2 Å². The van der Waals surface area contributed by atoms with Gasteiger partial charge in [0.25, 0.3) is 5.91 Å². The summed E-state index contributed by atoms with van der Waals surface area (Å²) in [5.74, 6) is 0.0896. The second kappa shape index (κ2) is 5.15. The van der Waals surface area contributed by atoms with Crippen LogP contribution in [0.15, 0.2) is 23.1 Å². The molecule has 1 aliphatic carbocycles. The molecule has 0 aromatic heterocycles. The Kier molecular flexibility index (Phi) is 3.82. The van der Waals surface area contributed by atoms with Gasteiger partial charge in [0.05, 0.1) is 4.91 Å². The first-order chi connectivity index (χ1) is 7.74. The Hall–Kier alpha value is -0.610. The molecule has 0 N–H and O–H groups in total. The summed E-state index contributed by atoms with van der Waals surface area (Å²) >= 11 is 6.68. The van der Waals surface area contributed by atoms with E-state index in [4.69, 9.17) is 12.2 Å². The number of thioether (sulfide) groups is 1. The van der Waals surface area contributed by atoms with E-state index in [1.165, 1.54) is 36.6 Å². The van der Waals surface area contributed by atoms with Crippen LogP contribution in [0.4, 0.5) is 0 Å². The van der Waals surface area contributed by atoms with Crippen molar-refractivity contribution in [2.45, 2.75) is 32.1 Å². The Balaban J connectivity index is 2.21. The maximum atomic E-state index is 12.1. The summed E-state index contributed by atoms with van der Waals surface area (Å²) in [6, 6.07) is 0. The average molecular weight is 253 g/mol. The first-order valence-electron chi connectivity index (χ1n) is 5.60. The van der Waals surface area contributed by atoms with E-state index in [2.05, 4.69) is 6.58 Å². The van der Waals surface area contributed by atoms with Crippen molar-refractivity contribution in [2.75, 3.05) is 6.54 Å². The molecule has 0 unspecified atom stereocenters. The number of hydrogen-bond donors (Lipinski definition) is 0. The lowest BCUT2D eigenvalue weighted by atomic mass is 9.94. The summed E-state index contributed by atoms with van der Waals surface area (Å²) in [7, 11) is 0. The number of thiocarbonyl (C=S) groups is 1. The van der Waals surface area contributed by atoms with Crippen LogP contribution in [0.1, 0.15) is 32.1 Å². The zero-order valence-corrected chi connectivity index (χ0v) is 10.8. The van der Waals surface area contributed by atoms with Crippen LogP contribution in [0.25, 0.3) is 0 Å². The highest BCUT2D eigenvalue weighted by Gasteiger charge is 2.33. The molecule has 2 fully saturated rings. The Morgan fingerprint density at radius 1 is 1.38 bits per heavy atom. The number of carbonyl (C=O) groups is 1. The summed E-state index contributed by atoms with van der Waals surface area (Å²) in [6.07, 6.45) is 7.56. The van der Waals surface area contributed by atoms with Gasteiger partial charge in [-0.15, -0.1) is 6.58 Å². The predicted molar refractivity (Wildman–Crippen MR) is 72.2 cm³/mol. The van der Waals surface area contributed by atoms with Crippen LogP contribution >= 0.6 is 24.0 Å². The molecule has 16 heavy (non-hydrogen) atoms. The Morgan fingerprint density at radius 3 is 2.69 bits per heavy atom. The fraction of sp³-hybridized carbons (Fsp3) is 0.500. The van der Waals surface area contributed by atoms with Gasteiger partial charge < -0.3 is 0 Å². The Labute approximate surface area is 106 Å². The van der Waals surface area contributed by atoms with E-state index in [-0.39, 0.29) is 5.91 Å². The molecule has 1 saturated heterocycles. The summed E-state index contributed by atoms with van der Waals surface area (Å²) in [5.41, 5.74) is 1.31. The summed E-state index contributed by atoms with van der Waals surface area (Å²) in [5, 5.41) is 0. The fourth-order valence-corrected chi connectivity index (χ4v) is 3.50. The van der Waals surface area contributed by atoms with Crippen LogP contribution < -0.4 is 0 Å². The van der Waals surface area contributed by atoms with Crippen LogP contribution in [0.5, 0.6) is 0 Å². The number of rotatable bonds is 2. The van der Waals surface area contributed by atoms with E-state index < -0.39 is 0 Å². The summed E-state index contributed by atoms with van der Waals surface area (Å²) < 4.78 is 0.679. The van der Waals surface area contributed by atoms with Crippen molar-refractivity contribution in [1.82, 2.24) is 4.90 Å². The average Bonchev–Trinajstić information content (AvgIpc) is 2.59. The SMILES string of the molecule is C=CCN1C(=O)C(=C2CCCCC2)SC1=S. The number of amides is 1. The number of allylic oxidation sites excluding steroid dienone is 1. The third kappa shape index (κ3) is 2.23. The van der Waals surface area contributed by atoms with Gasteiger partial charge in [0.1, 0.15) is 4.32 Å². The molecule has 0 spiro atoms. The van der Waals surface area contributed by atoms with Gasteiger partial charge in [0.2, 0.25) is 0 Å². The van der Waals surface area contributed by atoms with Crippen molar-refractivity contribution in [2.24, 2.45) is 0 Å². The lowest BCUT2D eigenvalue weighted by Crippen LogP contribution is -2.28. The lowest BCUT2D eigenvalue weighted by molar-refractivity contribution is -0.121. The molecule has 0 aromatic carbocycles. The van der Waals surface area contributed by atoms with Gasteiger partial charge >= 0.3 is 0 Å². The smallest absolute Gasteiger partial charge is 0.266 e. The molecule has 0 atom stereocenters. The Bertz CT molecular complexity index is 365. The molecule has 1 amide bonds. The topological polar surface area (TPSA) is 20.3 Å². The molecular weight excluding hydrogens is 238 g/mol. The van der Waals surface area contributed by atoms with E-state index in [1.807, 2.05) is 0 Å². The van der Waals surface area contributed by atoms with E-state index in [0.717, 1.165) is 17.7 Å². The first-order valence-corrected chi connectivity index (χ1v) is 6.83. The van der Waals surface area contributed by atoms with Crippen molar-refractivity contribution in [3.63, 3.8) is 0 Å². The molecular formula is C12H15NOS2. The van der Waals surface area contributed by atoms with Crippen molar-refractivity contribution in [1.29, 1.82) is 0 Å². The minimum absolute atomic E-state index is 0.0896. The summed E-state index contributed by atoms with van der Waals surface area (Å²) in [6.45, 7) is 4.18. The monoisotopic (exact) mass is 253 g/mol. The number of carbonyl (C=O) groups excluding carboxylic acids is 1. The second-order valence-corrected chi connectivity index (χ2v) is 5.71. The number of hydrogen-bond acceptors (Lipinski definition) is 3. The van der Waals surface area contributed by atoms with Gasteiger partial charge in [-0.25, -0.2) is 0 Å². The van der Waals surface area contributed by atoms with Crippen LogP contribution in [-0.4, -0.2) is 21.7 Å². The summed E-state index contributed by atoms with van der Waals surface area (Å²) in [4.78, 5) is 14.7. The Morgan fingerprint density at radius 2 is 2.06 bits per heavy atom. The van der Waals surface area contributed by atoms with Gasteiger partial charge in [-0.1, -0.05) is 42.0 Å². The highest BCUT2D eigenvalue weighted by Crippen LogP contribution is 2.38. The number of nitrogens with zero attached hydrogens (tertiary/aromatic N) is 1. The fourth-order valence-electron chi connectivity index (χ4n) is 2.11. The molecule has 2 nitrogen and oxygen atoms in total. The molecule has 1 saturated carbocycles. The molecule has 2 rings (SSSR count). The minimum atomic E-state index is 0.0896. The molecule has 2 aliphatic rings. The maximum absolute atomic E-state index is 12.1.